The lowest BCUT2D eigenvalue weighted by atomic mass is 9.89. The number of hydrogen-bond acceptors (Lipinski definition) is 2. The van der Waals surface area contributed by atoms with Crippen LogP contribution >= 0.6 is 0 Å². The van der Waals surface area contributed by atoms with E-state index >= 15 is 0 Å². The first-order valence-electron chi connectivity index (χ1n) is 21.5. The van der Waals surface area contributed by atoms with Gasteiger partial charge >= 0.3 is 0 Å². The van der Waals surface area contributed by atoms with Gasteiger partial charge in [0, 0.05) is 40.1 Å². The lowest BCUT2D eigenvalue weighted by Gasteiger charge is -2.29. The van der Waals surface area contributed by atoms with Crippen LogP contribution in [0.5, 0.6) is 0 Å². The fourth-order valence-electron chi connectivity index (χ4n) is 8.72. The van der Waals surface area contributed by atoms with Crippen LogP contribution in [0.3, 0.4) is 0 Å². The highest BCUT2D eigenvalue weighted by Crippen LogP contribution is 2.42. The molecule has 0 saturated heterocycles. The number of para-hydroxylation sites is 2. The second-order valence-electron chi connectivity index (χ2n) is 15.7. The van der Waals surface area contributed by atoms with Gasteiger partial charge in [-0.15, -0.1) is 0 Å². The van der Waals surface area contributed by atoms with Crippen molar-refractivity contribution >= 4 is 28.4 Å². The fraction of sp³-hybridized carbons (Fsp3) is 0.0333. The van der Waals surface area contributed by atoms with Crippen molar-refractivity contribution in [1.82, 2.24) is 0 Å². The maximum Gasteiger partial charge on any atom is 0.0462 e. The van der Waals surface area contributed by atoms with Gasteiger partial charge in [-0.2, -0.15) is 0 Å². The van der Waals surface area contributed by atoms with E-state index in [0.717, 1.165) is 34.9 Å². The van der Waals surface area contributed by atoms with Gasteiger partial charge in [-0.3, -0.25) is 0 Å². The summed E-state index contributed by atoms with van der Waals surface area (Å²) in [6, 6.07) is 87.1. The van der Waals surface area contributed by atoms with E-state index in [1.165, 1.54) is 55.8 Å². The summed E-state index contributed by atoms with van der Waals surface area (Å²) in [7, 11) is 0. The minimum Gasteiger partial charge on any atom is -0.311 e. The summed E-state index contributed by atoms with van der Waals surface area (Å²) in [5.41, 5.74) is 17.7. The quantitative estimate of drug-likeness (QED) is 0.129. The van der Waals surface area contributed by atoms with Gasteiger partial charge in [-0.25, -0.2) is 0 Å². The fourth-order valence-corrected chi connectivity index (χ4v) is 8.72. The molecule has 9 aromatic carbocycles. The zero-order chi connectivity index (χ0) is 41.5. The number of hydrogen-bond donors (Lipinski definition) is 0. The summed E-state index contributed by atoms with van der Waals surface area (Å²) < 4.78 is 0. The van der Waals surface area contributed by atoms with E-state index in [1.807, 2.05) is 0 Å². The van der Waals surface area contributed by atoms with E-state index in [1.54, 1.807) is 0 Å². The van der Waals surface area contributed by atoms with E-state index in [4.69, 9.17) is 0 Å². The highest BCUT2D eigenvalue weighted by atomic mass is 15.1. The largest absolute Gasteiger partial charge is 0.311 e. The SMILES string of the molecule is C1=CC(c2ccccc2)CC=C1N(c1ccccc1)c1ccc(-c2ccccc2-c2ccccc2-c2ccc(N(c3ccccc3)c3ccc(-c4ccccc4)cc3)cc2)cc1. The summed E-state index contributed by atoms with van der Waals surface area (Å²) in [5, 5.41) is 0. The number of benzene rings is 9. The Bertz CT molecular complexity index is 2940. The smallest absolute Gasteiger partial charge is 0.0462 e. The van der Waals surface area contributed by atoms with E-state index in [0.29, 0.717) is 5.92 Å². The van der Waals surface area contributed by atoms with Crippen LogP contribution in [0.4, 0.5) is 28.4 Å². The Morgan fingerprint density at radius 3 is 1.11 bits per heavy atom. The first-order valence-corrected chi connectivity index (χ1v) is 21.5. The molecule has 0 bridgehead atoms. The lowest BCUT2D eigenvalue weighted by molar-refractivity contribution is 0.840. The van der Waals surface area contributed by atoms with Crippen molar-refractivity contribution in [2.24, 2.45) is 0 Å². The zero-order valence-electron chi connectivity index (χ0n) is 34.5. The van der Waals surface area contributed by atoms with Crippen LogP contribution in [-0.2, 0) is 0 Å². The molecule has 0 radical (unpaired) electrons. The molecule has 0 fully saturated rings. The Labute approximate surface area is 365 Å². The average molecular weight is 795 g/mol. The van der Waals surface area contributed by atoms with Gasteiger partial charge in [0.15, 0.2) is 0 Å². The number of anilines is 5. The monoisotopic (exact) mass is 794 g/mol. The van der Waals surface area contributed by atoms with Crippen LogP contribution in [0.15, 0.2) is 267 Å². The number of nitrogens with zero attached hydrogens (tertiary/aromatic N) is 2. The molecule has 1 atom stereocenters. The molecule has 2 nitrogen and oxygen atoms in total. The van der Waals surface area contributed by atoms with Gasteiger partial charge in [0.1, 0.15) is 0 Å². The van der Waals surface area contributed by atoms with Gasteiger partial charge in [0.05, 0.1) is 0 Å². The van der Waals surface area contributed by atoms with Crippen molar-refractivity contribution < 1.29 is 0 Å². The molecule has 0 heterocycles. The number of rotatable bonds is 11. The zero-order valence-corrected chi connectivity index (χ0v) is 34.5. The minimum absolute atomic E-state index is 0.379. The number of allylic oxidation sites excluding steroid dienone is 3. The Morgan fingerprint density at radius 2 is 0.645 bits per heavy atom. The Hall–Kier alpha value is -7.94. The normalized spacial score (nSPS) is 13.3. The summed E-state index contributed by atoms with van der Waals surface area (Å²) in [6.45, 7) is 0. The third-order valence-electron chi connectivity index (χ3n) is 11.8. The maximum absolute atomic E-state index is 2.37. The molecule has 10 rings (SSSR count). The lowest BCUT2D eigenvalue weighted by Crippen LogP contribution is -2.17. The van der Waals surface area contributed by atoms with Crippen molar-refractivity contribution in [3.05, 3.63) is 272 Å². The van der Waals surface area contributed by atoms with Crippen LogP contribution in [-0.4, -0.2) is 0 Å². The molecule has 1 unspecified atom stereocenters. The third-order valence-corrected chi connectivity index (χ3v) is 11.8. The second kappa shape index (κ2) is 17.7. The average Bonchev–Trinajstić information content (AvgIpc) is 3.36. The van der Waals surface area contributed by atoms with Gasteiger partial charge in [-0.1, -0.05) is 194 Å². The van der Waals surface area contributed by atoms with Gasteiger partial charge in [-0.05, 0) is 123 Å². The molecule has 9 aromatic rings. The molecule has 0 amide bonds. The molecule has 296 valence electrons. The van der Waals surface area contributed by atoms with Crippen LogP contribution < -0.4 is 9.80 Å². The first kappa shape index (κ1) is 38.3. The van der Waals surface area contributed by atoms with Crippen LogP contribution in [0, 0.1) is 0 Å². The topological polar surface area (TPSA) is 6.48 Å². The van der Waals surface area contributed by atoms with Gasteiger partial charge < -0.3 is 9.80 Å². The molecule has 62 heavy (non-hydrogen) atoms. The van der Waals surface area contributed by atoms with Gasteiger partial charge in [0.2, 0.25) is 0 Å². The van der Waals surface area contributed by atoms with Crippen molar-refractivity contribution in [3.63, 3.8) is 0 Å². The van der Waals surface area contributed by atoms with E-state index in [-0.39, 0.29) is 0 Å². The van der Waals surface area contributed by atoms with Crippen LogP contribution in [0.25, 0.3) is 44.5 Å². The Kier molecular flexibility index (Phi) is 10.9. The molecular weight excluding hydrogens is 749 g/mol. The minimum atomic E-state index is 0.379. The second-order valence-corrected chi connectivity index (χ2v) is 15.7. The van der Waals surface area contributed by atoms with E-state index in [9.17, 15) is 0 Å². The predicted molar refractivity (Wildman–Crippen MR) is 262 cm³/mol. The first-order chi connectivity index (χ1) is 30.8. The molecular formula is C60H46N2. The molecule has 0 spiro atoms. The van der Waals surface area contributed by atoms with E-state index < -0.39 is 0 Å². The van der Waals surface area contributed by atoms with Crippen molar-refractivity contribution in [2.45, 2.75) is 12.3 Å². The highest BCUT2D eigenvalue weighted by Gasteiger charge is 2.20. The third kappa shape index (κ3) is 8.02. The van der Waals surface area contributed by atoms with E-state index in [2.05, 4.69) is 271 Å². The van der Waals surface area contributed by atoms with Crippen LogP contribution in [0.2, 0.25) is 0 Å². The summed E-state index contributed by atoms with van der Waals surface area (Å²) in [5.74, 6) is 0.379. The van der Waals surface area contributed by atoms with Crippen molar-refractivity contribution in [1.29, 1.82) is 0 Å². The Morgan fingerprint density at radius 1 is 0.290 bits per heavy atom. The maximum atomic E-state index is 2.37. The molecule has 1 aliphatic carbocycles. The molecule has 0 aliphatic heterocycles. The van der Waals surface area contributed by atoms with Gasteiger partial charge in [0.25, 0.3) is 0 Å². The van der Waals surface area contributed by atoms with Crippen molar-refractivity contribution in [3.8, 4) is 44.5 Å². The standard InChI is InChI=1S/C60H46N2/c1-5-17-45(18-6-1)47-29-37-53(38-30-47)61(51-21-9-3-10-22-51)55-41-33-49(34-42-55)57-25-13-15-27-59(57)60-28-16-14-26-58(60)50-35-43-56(44-36-50)62(52-23-11-4-12-24-52)54-39-31-48(32-40-54)46-19-7-2-8-20-46/h1-31,33-44,48H,32H2. The summed E-state index contributed by atoms with van der Waals surface area (Å²) >= 11 is 0. The highest BCUT2D eigenvalue weighted by molar-refractivity contribution is 5.92. The summed E-state index contributed by atoms with van der Waals surface area (Å²) in [4.78, 5) is 4.69. The molecule has 0 aromatic heterocycles. The molecule has 2 heteroatoms. The van der Waals surface area contributed by atoms with Crippen molar-refractivity contribution in [2.75, 3.05) is 9.80 Å². The molecule has 1 aliphatic rings. The van der Waals surface area contributed by atoms with Crippen LogP contribution in [0.1, 0.15) is 17.9 Å². The predicted octanol–water partition coefficient (Wildman–Crippen LogP) is 16.6. The molecule has 0 N–H and O–H groups in total. The molecule has 0 saturated carbocycles. The Balaban J connectivity index is 0.951. The summed E-state index contributed by atoms with van der Waals surface area (Å²) in [6.07, 6.45) is 7.96.